The molecule has 0 atom stereocenters. The molecule has 0 radical (unpaired) electrons. The molecule has 1 aliphatic carbocycles. The van der Waals surface area contributed by atoms with Gasteiger partial charge in [-0.1, -0.05) is 12.1 Å². The summed E-state index contributed by atoms with van der Waals surface area (Å²) in [5, 5.41) is 7.22. The van der Waals surface area contributed by atoms with Crippen molar-refractivity contribution >= 4 is 47.5 Å². The van der Waals surface area contributed by atoms with E-state index in [2.05, 4.69) is 33.8 Å². The highest BCUT2D eigenvalue weighted by atomic mass is 35.5. The van der Waals surface area contributed by atoms with Gasteiger partial charge < -0.3 is 10.6 Å². The normalized spacial score (nSPS) is 14.8. The largest absolute Gasteiger partial charge is 0.324 e. The van der Waals surface area contributed by atoms with E-state index in [0.29, 0.717) is 28.7 Å². The number of nitrogens with one attached hydrogen (secondary N) is 2. The molecule has 10 heteroatoms. The van der Waals surface area contributed by atoms with Gasteiger partial charge in [0, 0.05) is 36.1 Å². The molecule has 0 spiro atoms. The fraction of sp³-hybridized carbons (Fsp3) is 0.360. The number of halogens is 2. The number of hydrogen-bond donors (Lipinski definition) is 2. The van der Waals surface area contributed by atoms with Crippen LogP contribution in [0.5, 0.6) is 0 Å². The molecule has 0 bridgehead atoms. The van der Waals surface area contributed by atoms with Crippen LogP contribution in [0.4, 0.5) is 11.6 Å². The lowest BCUT2D eigenvalue weighted by atomic mass is 10.0. The van der Waals surface area contributed by atoms with E-state index < -0.39 is 0 Å². The Labute approximate surface area is 216 Å². The lowest BCUT2D eigenvalue weighted by Crippen LogP contribution is -2.24. The number of aromatic nitrogens is 5. The molecule has 3 aromatic heterocycles. The number of nitrogens with zero attached hydrogens (tertiary/aromatic N) is 5. The minimum absolute atomic E-state index is 0. The van der Waals surface area contributed by atoms with Crippen LogP contribution in [0.2, 0.25) is 0 Å². The second kappa shape index (κ2) is 9.97. The maximum atomic E-state index is 13.2. The van der Waals surface area contributed by atoms with Crippen molar-refractivity contribution in [2.45, 2.75) is 51.6 Å². The summed E-state index contributed by atoms with van der Waals surface area (Å²) in [7, 11) is 0. The smallest absolute Gasteiger partial charge is 0.278 e. The van der Waals surface area contributed by atoms with E-state index in [0.717, 1.165) is 30.9 Å². The van der Waals surface area contributed by atoms with Crippen LogP contribution in [0.1, 0.15) is 55.5 Å². The topological polar surface area (TPSA) is 89.7 Å². The van der Waals surface area contributed by atoms with Gasteiger partial charge in [0.2, 0.25) is 5.95 Å². The highest BCUT2D eigenvalue weighted by Crippen LogP contribution is 2.39. The zero-order valence-electron chi connectivity index (χ0n) is 19.7. The van der Waals surface area contributed by atoms with Gasteiger partial charge in [0.25, 0.3) is 5.56 Å². The monoisotopic (exact) mass is 513 g/mol. The molecule has 4 aromatic rings. The Bertz CT molecular complexity index is 1430. The summed E-state index contributed by atoms with van der Waals surface area (Å²) in [5.74, 6) is 1.70. The van der Waals surface area contributed by atoms with Gasteiger partial charge in [-0.3, -0.25) is 4.79 Å². The van der Waals surface area contributed by atoms with Gasteiger partial charge in [0.1, 0.15) is 5.39 Å². The van der Waals surface area contributed by atoms with E-state index in [9.17, 15) is 4.79 Å². The van der Waals surface area contributed by atoms with Crippen LogP contribution in [0.25, 0.3) is 16.9 Å². The lowest BCUT2D eigenvalue weighted by molar-refractivity contribution is 0.471. The minimum Gasteiger partial charge on any atom is -0.324 e. The van der Waals surface area contributed by atoms with E-state index in [-0.39, 0.29) is 36.4 Å². The van der Waals surface area contributed by atoms with Crippen LogP contribution in [0.15, 0.2) is 47.4 Å². The number of pyridine rings is 1. The zero-order chi connectivity index (χ0) is 22.5. The molecule has 0 amide bonds. The zero-order valence-corrected chi connectivity index (χ0v) is 21.3. The van der Waals surface area contributed by atoms with Gasteiger partial charge in [-0.15, -0.1) is 24.8 Å². The standard InChI is InChI=1S/C25H27N7O.2ClH/c1-15(2)31-24(33)20-14-27-25(28-19-9-8-18-13-26-11-10-17(18)12-19)30-23(20)32(31)22-5-3-4-21(29-22)16-6-7-16;;/h3-5,8-9,12,14-16,26H,6-7,10-11,13H2,1-2H3,(H,27,28,30);2*1H. The molecule has 4 heterocycles. The predicted molar refractivity (Wildman–Crippen MR) is 143 cm³/mol. The summed E-state index contributed by atoms with van der Waals surface area (Å²) in [6.45, 7) is 5.88. The molecule has 35 heavy (non-hydrogen) atoms. The fourth-order valence-corrected chi connectivity index (χ4v) is 4.59. The molecule has 2 aliphatic rings. The third-order valence-corrected chi connectivity index (χ3v) is 6.43. The summed E-state index contributed by atoms with van der Waals surface area (Å²) in [6, 6.07) is 12.3. The molecule has 0 saturated heterocycles. The van der Waals surface area contributed by atoms with Gasteiger partial charge >= 0.3 is 0 Å². The van der Waals surface area contributed by atoms with Crippen molar-refractivity contribution in [1.82, 2.24) is 29.6 Å². The van der Waals surface area contributed by atoms with Crippen LogP contribution in [0.3, 0.4) is 0 Å². The fourth-order valence-electron chi connectivity index (χ4n) is 4.59. The molecule has 0 unspecified atom stereocenters. The number of hydrogen-bond acceptors (Lipinski definition) is 6. The first-order valence-electron chi connectivity index (χ1n) is 11.7. The van der Waals surface area contributed by atoms with Crippen molar-refractivity contribution in [3.05, 3.63) is 69.8 Å². The average Bonchev–Trinajstić information content (AvgIpc) is 3.63. The predicted octanol–water partition coefficient (Wildman–Crippen LogP) is 4.67. The second-order valence-electron chi connectivity index (χ2n) is 9.22. The maximum absolute atomic E-state index is 13.2. The summed E-state index contributed by atoms with van der Waals surface area (Å²) in [6.07, 6.45) is 4.97. The van der Waals surface area contributed by atoms with Crippen molar-refractivity contribution in [2.75, 3.05) is 11.9 Å². The minimum atomic E-state index is -0.105. The Balaban J connectivity index is 0.00000144. The van der Waals surface area contributed by atoms with E-state index in [4.69, 9.17) is 9.97 Å². The molecule has 184 valence electrons. The van der Waals surface area contributed by atoms with Crippen molar-refractivity contribution in [3.8, 4) is 5.82 Å². The van der Waals surface area contributed by atoms with Gasteiger partial charge in [0.15, 0.2) is 11.5 Å². The second-order valence-corrected chi connectivity index (χ2v) is 9.22. The molecular formula is C25H29Cl2N7O. The molecule has 8 nitrogen and oxygen atoms in total. The number of anilines is 2. The van der Waals surface area contributed by atoms with Crippen molar-refractivity contribution in [2.24, 2.45) is 0 Å². The highest BCUT2D eigenvalue weighted by Gasteiger charge is 2.26. The number of benzene rings is 1. The van der Waals surface area contributed by atoms with Gasteiger partial charge in [-0.05, 0) is 75.0 Å². The van der Waals surface area contributed by atoms with E-state index in [1.165, 1.54) is 24.0 Å². The van der Waals surface area contributed by atoms with Crippen LogP contribution in [-0.4, -0.2) is 30.9 Å². The van der Waals surface area contributed by atoms with Crippen LogP contribution >= 0.6 is 24.8 Å². The Kier molecular flexibility index (Phi) is 7.17. The van der Waals surface area contributed by atoms with Gasteiger partial charge in [-0.25, -0.2) is 19.3 Å². The van der Waals surface area contributed by atoms with E-state index in [1.807, 2.05) is 36.7 Å². The Morgan fingerprint density at radius 2 is 1.91 bits per heavy atom. The van der Waals surface area contributed by atoms with Crippen LogP contribution in [0, 0.1) is 0 Å². The van der Waals surface area contributed by atoms with E-state index >= 15 is 0 Å². The first-order chi connectivity index (χ1) is 16.1. The first kappa shape index (κ1) is 25.2. The average molecular weight is 514 g/mol. The van der Waals surface area contributed by atoms with Gasteiger partial charge in [-0.2, -0.15) is 4.98 Å². The molecule has 6 rings (SSSR count). The third kappa shape index (κ3) is 4.66. The molecule has 1 fully saturated rings. The summed E-state index contributed by atoms with van der Waals surface area (Å²) in [5.41, 5.74) is 5.14. The molecule has 2 N–H and O–H groups in total. The van der Waals surface area contributed by atoms with E-state index in [1.54, 1.807) is 10.9 Å². The van der Waals surface area contributed by atoms with Crippen molar-refractivity contribution in [1.29, 1.82) is 0 Å². The van der Waals surface area contributed by atoms with Crippen LogP contribution < -0.4 is 16.2 Å². The van der Waals surface area contributed by atoms with Gasteiger partial charge in [0.05, 0.1) is 0 Å². The van der Waals surface area contributed by atoms with Crippen molar-refractivity contribution in [3.63, 3.8) is 0 Å². The SMILES string of the molecule is CC(C)n1c(=O)c2cnc(Nc3ccc4c(c3)CCNC4)nc2n1-c1cccc(C2CC2)n1.Cl.Cl. The Morgan fingerprint density at radius 3 is 2.69 bits per heavy atom. The Hall–Kier alpha value is -2.94. The van der Waals surface area contributed by atoms with Crippen molar-refractivity contribution < 1.29 is 0 Å². The maximum Gasteiger partial charge on any atom is 0.278 e. The third-order valence-electron chi connectivity index (χ3n) is 6.43. The molecule has 1 aliphatic heterocycles. The number of rotatable bonds is 5. The summed E-state index contributed by atoms with van der Waals surface area (Å²) >= 11 is 0. The molecule has 1 aromatic carbocycles. The quantitative estimate of drug-likeness (QED) is 0.403. The first-order valence-corrected chi connectivity index (χ1v) is 11.7. The molecular weight excluding hydrogens is 485 g/mol. The summed E-state index contributed by atoms with van der Waals surface area (Å²) in [4.78, 5) is 27.4. The highest BCUT2D eigenvalue weighted by molar-refractivity contribution is 5.85. The van der Waals surface area contributed by atoms with Crippen LogP contribution in [-0.2, 0) is 13.0 Å². The summed E-state index contributed by atoms with van der Waals surface area (Å²) < 4.78 is 3.56. The number of fused-ring (bicyclic) bond motifs is 2. The lowest BCUT2D eigenvalue weighted by Gasteiger charge is -2.18. The molecule has 1 saturated carbocycles. The Morgan fingerprint density at radius 1 is 1.09 bits per heavy atom.